The van der Waals surface area contributed by atoms with E-state index >= 15 is 0 Å². The molecule has 0 spiro atoms. The lowest BCUT2D eigenvalue weighted by molar-refractivity contribution is -0.130. The Bertz CT molecular complexity index is 663. The summed E-state index contributed by atoms with van der Waals surface area (Å²) in [5, 5.41) is 10.8. The number of ether oxygens (including phenoxy) is 1. The number of nitrogens with zero attached hydrogens (tertiary/aromatic N) is 3. The van der Waals surface area contributed by atoms with Crippen LogP contribution in [0.3, 0.4) is 0 Å². The third-order valence-corrected chi connectivity index (χ3v) is 7.02. The number of fused-ring (bicyclic) bond motifs is 1. The zero-order chi connectivity index (χ0) is 20.2. The van der Waals surface area contributed by atoms with E-state index in [0.29, 0.717) is 24.9 Å². The van der Waals surface area contributed by atoms with Crippen LogP contribution in [0.15, 0.2) is 30.3 Å². The first-order chi connectivity index (χ1) is 14.1. The monoisotopic (exact) mass is 401 g/mol. The fourth-order valence-corrected chi connectivity index (χ4v) is 5.25. The van der Waals surface area contributed by atoms with Crippen LogP contribution in [0.25, 0.3) is 0 Å². The molecule has 3 aliphatic rings. The summed E-state index contributed by atoms with van der Waals surface area (Å²) in [5.41, 5.74) is 0. The van der Waals surface area contributed by atoms with Crippen LogP contribution in [-0.2, 0) is 4.79 Å². The van der Waals surface area contributed by atoms with Crippen molar-refractivity contribution in [1.29, 1.82) is 0 Å². The number of piperazine rings is 1. The van der Waals surface area contributed by atoms with Crippen molar-refractivity contribution in [3.63, 3.8) is 0 Å². The highest BCUT2D eigenvalue weighted by Gasteiger charge is 2.44. The van der Waals surface area contributed by atoms with E-state index < -0.39 is 0 Å². The van der Waals surface area contributed by atoms with Crippen LogP contribution in [0.2, 0.25) is 0 Å². The van der Waals surface area contributed by atoms with Crippen molar-refractivity contribution in [3.8, 4) is 5.75 Å². The molecule has 6 heteroatoms. The van der Waals surface area contributed by atoms with Crippen molar-refractivity contribution < 1.29 is 14.6 Å². The third kappa shape index (κ3) is 5.11. The van der Waals surface area contributed by atoms with Crippen molar-refractivity contribution in [2.24, 2.45) is 11.8 Å². The second kappa shape index (κ2) is 9.45. The number of amides is 1. The van der Waals surface area contributed by atoms with Crippen molar-refractivity contribution in [2.45, 2.75) is 37.8 Å². The van der Waals surface area contributed by atoms with E-state index in [1.807, 2.05) is 35.2 Å². The van der Waals surface area contributed by atoms with Gasteiger partial charge in [0, 0.05) is 51.7 Å². The Kier molecular flexibility index (Phi) is 6.73. The van der Waals surface area contributed by atoms with Crippen LogP contribution in [-0.4, -0.2) is 90.8 Å². The van der Waals surface area contributed by atoms with Gasteiger partial charge in [-0.3, -0.25) is 9.69 Å². The first kappa shape index (κ1) is 20.6. The number of aliphatic hydroxyl groups excluding tert-OH is 1. The molecule has 6 nitrogen and oxygen atoms in total. The summed E-state index contributed by atoms with van der Waals surface area (Å²) in [6.07, 6.45) is 2.89. The minimum atomic E-state index is -0.256. The molecule has 1 aromatic rings. The Morgan fingerprint density at radius 2 is 1.76 bits per heavy atom. The van der Waals surface area contributed by atoms with Gasteiger partial charge in [-0.05, 0) is 50.3 Å². The van der Waals surface area contributed by atoms with Gasteiger partial charge < -0.3 is 19.6 Å². The molecule has 0 bridgehead atoms. The molecule has 1 saturated carbocycles. The molecule has 1 aromatic carbocycles. The first-order valence-corrected chi connectivity index (χ1v) is 11.2. The van der Waals surface area contributed by atoms with E-state index in [0.717, 1.165) is 64.3 Å². The molecule has 2 saturated heterocycles. The SMILES string of the molecule is CN1CCN([C@@H]2C[C@@H]3CN(C(=O)CCCOc4ccccc4)C[C@@H]3C[C@H]2O)CC1. The molecule has 2 heterocycles. The van der Waals surface area contributed by atoms with Gasteiger partial charge in [-0.25, -0.2) is 0 Å². The highest BCUT2D eigenvalue weighted by molar-refractivity contribution is 5.76. The molecule has 29 heavy (non-hydrogen) atoms. The Balaban J connectivity index is 1.22. The number of rotatable bonds is 6. The van der Waals surface area contributed by atoms with Gasteiger partial charge in [-0.2, -0.15) is 0 Å². The second-order valence-corrected chi connectivity index (χ2v) is 9.03. The summed E-state index contributed by atoms with van der Waals surface area (Å²) < 4.78 is 5.70. The van der Waals surface area contributed by atoms with Gasteiger partial charge in [0.2, 0.25) is 5.91 Å². The highest BCUT2D eigenvalue weighted by atomic mass is 16.5. The van der Waals surface area contributed by atoms with Crippen LogP contribution >= 0.6 is 0 Å². The fraction of sp³-hybridized carbons (Fsp3) is 0.696. The third-order valence-electron chi connectivity index (χ3n) is 7.02. The van der Waals surface area contributed by atoms with Gasteiger partial charge >= 0.3 is 0 Å². The zero-order valence-electron chi connectivity index (χ0n) is 17.6. The lowest BCUT2D eigenvalue weighted by atomic mass is 9.77. The van der Waals surface area contributed by atoms with Crippen molar-refractivity contribution in [2.75, 3.05) is 52.9 Å². The molecule has 2 aliphatic heterocycles. The van der Waals surface area contributed by atoms with E-state index in [-0.39, 0.29) is 18.1 Å². The number of benzene rings is 1. The molecule has 0 aromatic heterocycles. The number of hydrogen-bond acceptors (Lipinski definition) is 5. The van der Waals surface area contributed by atoms with E-state index in [1.54, 1.807) is 0 Å². The first-order valence-electron chi connectivity index (χ1n) is 11.2. The molecular formula is C23H35N3O3. The van der Waals surface area contributed by atoms with Crippen LogP contribution in [0.4, 0.5) is 0 Å². The maximum absolute atomic E-state index is 12.7. The molecule has 3 fully saturated rings. The number of carbonyl (C=O) groups is 1. The quantitative estimate of drug-likeness (QED) is 0.736. The fourth-order valence-electron chi connectivity index (χ4n) is 5.25. The minimum Gasteiger partial charge on any atom is -0.494 e. The Labute approximate surface area is 174 Å². The van der Waals surface area contributed by atoms with Crippen molar-refractivity contribution in [1.82, 2.24) is 14.7 Å². The summed E-state index contributed by atoms with van der Waals surface area (Å²) in [6, 6.07) is 10.0. The van der Waals surface area contributed by atoms with Gasteiger partial charge in [-0.1, -0.05) is 18.2 Å². The lowest BCUT2D eigenvalue weighted by Crippen LogP contribution is -2.55. The number of likely N-dealkylation sites (N-methyl/N-ethyl adjacent to an activating group) is 1. The van der Waals surface area contributed by atoms with E-state index in [4.69, 9.17) is 4.74 Å². The summed E-state index contributed by atoms with van der Waals surface area (Å²) in [4.78, 5) is 19.6. The van der Waals surface area contributed by atoms with E-state index in [9.17, 15) is 9.90 Å². The van der Waals surface area contributed by atoms with Gasteiger partial charge in [0.1, 0.15) is 5.75 Å². The predicted molar refractivity (Wildman–Crippen MR) is 113 cm³/mol. The topological polar surface area (TPSA) is 56.2 Å². The molecule has 1 aliphatic carbocycles. The van der Waals surface area contributed by atoms with Crippen molar-refractivity contribution in [3.05, 3.63) is 30.3 Å². The summed E-state index contributed by atoms with van der Waals surface area (Å²) in [6.45, 7) is 6.48. The van der Waals surface area contributed by atoms with Crippen LogP contribution in [0.1, 0.15) is 25.7 Å². The summed E-state index contributed by atoms with van der Waals surface area (Å²) in [5.74, 6) is 2.09. The molecule has 0 radical (unpaired) electrons. The van der Waals surface area contributed by atoms with Crippen LogP contribution in [0.5, 0.6) is 5.75 Å². The van der Waals surface area contributed by atoms with Crippen LogP contribution in [0, 0.1) is 11.8 Å². The smallest absolute Gasteiger partial charge is 0.222 e. The minimum absolute atomic E-state index is 0.238. The molecule has 160 valence electrons. The maximum Gasteiger partial charge on any atom is 0.222 e. The van der Waals surface area contributed by atoms with E-state index in [1.165, 1.54) is 0 Å². The number of para-hydroxylation sites is 1. The second-order valence-electron chi connectivity index (χ2n) is 9.03. The van der Waals surface area contributed by atoms with Crippen LogP contribution < -0.4 is 4.74 Å². The molecule has 4 rings (SSSR count). The van der Waals surface area contributed by atoms with Gasteiger partial charge in [0.15, 0.2) is 0 Å². The average Bonchev–Trinajstić information content (AvgIpc) is 3.15. The number of likely N-dealkylation sites (tertiary alicyclic amines) is 1. The molecule has 4 atom stereocenters. The normalized spacial score (nSPS) is 30.9. The standard InChI is InChI=1S/C23H35N3O3/c1-24-9-11-25(12-10-24)21-14-18-16-26(17-19(18)15-22(21)27)23(28)8-5-13-29-20-6-3-2-4-7-20/h2-4,6-7,18-19,21-22,27H,5,8-17H2,1H3/t18-,19+,21-,22-/m1/s1. The molecular weight excluding hydrogens is 366 g/mol. The molecule has 1 N–H and O–H groups in total. The van der Waals surface area contributed by atoms with Gasteiger partial charge in [0.05, 0.1) is 12.7 Å². The average molecular weight is 402 g/mol. The lowest BCUT2D eigenvalue weighted by Gasteiger charge is -2.44. The molecule has 0 unspecified atom stereocenters. The Hall–Kier alpha value is -1.63. The molecule has 1 amide bonds. The zero-order valence-corrected chi connectivity index (χ0v) is 17.6. The number of carbonyl (C=O) groups excluding carboxylic acids is 1. The van der Waals surface area contributed by atoms with Gasteiger partial charge in [0.25, 0.3) is 0 Å². The Morgan fingerprint density at radius 1 is 1.07 bits per heavy atom. The maximum atomic E-state index is 12.7. The summed E-state index contributed by atoms with van der Waals surface area (Å²) >= 11 is 0. The van der Waals surface area contributed by atoms with E-state index in [2.05, 4.69) is 16.8 Å². The van der Waals surface area contributed by atoms with Gasteiger partial charge in [-0.15, -0.1) is 0 Å². The predicted octanol–water partition coefficient (Wildman–Crippen LogP) is 1.69. The highest BCUT2D eigenvalue weighted by Crippen LogP contribution is 2.38. The largest absolute Gasteiger partial charge is 0.494 e. The number of aliphatic hydroxyl groups is 1. The van der Waals surface area contributed by atoms with Crippen molar-refractivity contribution >= 4 is 5.91 Å². The summed E-state index contributed by atoms with van der Waals surface area (Å²) in [7, 11) is 2.16. The Morgan fingerprint density at radius 3 is 2.48 bits per heavy atom. The number of hydrogen-bond donors (Lipinski definition) is 1.